The number of aryl methyl sites for hydroxylation is 2. The van der Waals surface area contributed by atoms with Crippen LogP contribution in [-0.2, 0) is 6.42 Å². The van der Waals surface area contributed by atoms with Gasteiger partial charge in [-0.2, -0.15) is 0 Å². The van der Waals surface area contributed by atoms with Crippen LogP contribution in [0.15, 0.2) is 34.7 Å². The van der Waals surface area contributed by atoms with Crippen molar-refractivity contribution in [2.75, 3.05) is 5.88 Å². The van der Waals surface area contributed by atoms with E-state index in [4.69, 9.17) is 16.0 Å². The van der Waals surface area contributed by atoms with Crippen molar-refractivity contribution in [2.45, 2.75) is 13.3 Å². The van der Waals surface area contributed by atoms with Crippen LogP contribution in [0.5, 0.6) is 0 Å². The largest absolute Gasteiger partial charge is 0.441 e. The predicted octanol–water partition coefficient (Wildman–Crippen LogP) is 3.43. The van der Waals surface area contributed by atoms with E-state index in [0.717, 1.165) is 23.4 Å². The molecule has 1 aromatic heterocycles. The van der Waals surface area contributed by atoms with Crippen LogP contribution in [0.25, 0.3) is 11.5 Å². The summed E-state index contributed by atoms with van der Waals surface area (Å²) in [5.41, 5.74) is 1.95. The molecule has 1 heterocycles. The molecule has 0 atom stereocenters. The van der Waals surface area contributed by atoms with Gasteiger partial charge in [-0.3, -0.25) is 0 Å². The third-order valence-corrected chi connectivity index (χ3v) is 2.43. The Morgan fingerprint density at radius 3 is 2.67 bits per heavy atom. The summed E-state index contributed by atoms with van der Waals surface area (Å²) in [4.78, 5) is 4.42. The molecule has 0 amide bonds. The first kappa shape index (κ1) is 10.2. The Kier molecular flexibility index (Phi) is 3.07. The summed E-state index contributed by atoms with van der Waals surface area (Å²) in [6.45, 7) is 1.92. The molecule has 1 aromatic carbocycles. The average molecular weight is 222 g/mol. The van der Waals surface area contributed by atoms with Crippen LogP contribution in [-0.4, -0.2) is 10.9 Å². The summed E-state index contributed by atoms with van der Waals surface area (Å²) in [5.74, 6) is 2.10. The molecule has 0 spiro atoms. The molecule has 15 heavy (non-hydrogen) atoms. The Hall–Kier alpha value is -1.28. The summed E-state index contributed by atoms with van der Waals surface area (Å²) in [7, 11) is 0. The lowest BCUT2D eigenvalue weighted by molar-refractivity contribution is 0.540. The Labute approximate surface area is 93.9 Å². The zero-order chi connectivity index (χ0) is 10.7. The number of benzene rings is 1. The minimum absolute atomic E-state index is 0.571. The van der Waals surface area contributed by atoms with E-state index in [9.17, 15) is 0 Å². The van der Waals surface area contributed by atoms with Gasteiger partial charge in [0.25, 0.3) is 0 Å². The van der Waals surface area contributed by atoms with E-state index in [1.165, 1.54) is 0 Å². The molecule has 0 fully saturated rings. The molecule has 78 valence electrons. The van der Waals surface area contributed by atoms with Crippen molar-refractivity contribution in [3.63, 3.8) is 0 Å². The van der Waals surface area contributed by atoms with Crippen molar-refractivity contribution in [2.24, 2.45) is 0 Å². The number of alkyl halides is 1. The van der Waals surface area contributed by atoms with Crippen molar-refractivity contribution in [3.05, 3.63) is 41.8 Å². The van der Waals surface area contributed by atoms with Crippen LogP contribution < -0.4 is 0 Å². The molecule has 0 saturated carbocycles. The second kappa shape index (κ2) is 4.49. The van der Waals surface area contributed by atoms with Crippen molar-refractivity contribution < 1.29 is 4.42 Å². The monoisotopic (exact) mass is 221 g/mol. The maximum absolute atomic E-state index is 5.68. The van der Waals surface area contributed by atoms with Crippen LogP contribution in [0, 0.1) is 6.92 Å². The highest BCUT2D eigenvalue weighted by atomic mass is 35.5. The van der Waals surface area contributed by atoms with Gasteiger partial charge < -0.3 is 4.42 Å². The molecule has 2 nitrogen and oxygen atoms in total. The minimum Gasteiger partial charge on any atom is -0.441 e. The van der Waals surface area contributed by atoms with Gasteiger partial charge in [-0.1, -0.05) is 18.2 Å². The van der Waals surface area contributed by atoms with Gasteiger partial charge in [0.15, 0.2) is 0 Å². The Morgan fingerprint density at radius 2 is 2.00 bits per heavy atom. The summed E-state index contributed by atoms with van der Waals surface area (Å²) >= 11 is 5.68. The first-order valence-corrected chi connectivity index (χ1v) is 5.42. The van der Waals surface area contributed by atoms with Crippen molar-refractivity contribution in [1.82, 2.24) is 4.98 Å². The quantitative estimate of drug-likeness (QED) is 0.743. The highest BCUT2D eigenvalue weighted by Crippen LogP contribution is 2.21. The van der Waals surface area contributed by atoms with E-state index in [1.54, 1.807) is 0 Å². The van der Waals surface area contributed by atoms with Gasteiger partial charge in [-0.25, -0.2) is 4.98 Å². The first-order chi connectivity index (χ1) is 7.31. The number of aromatic nitrogens is 1. The minimum atomic E-state index is 0.571. The van der Waals surface area contributed by atoms with Gasteiger partial charge in [0.2, 0.25) is 5.89 Å². The van der Waals surface area contributed by atoms with E-state index < -0.39 is 0 Å². The summed E-state index contributed by atoms with van der Waals surface area (Å²) in [5, 5.41) is 0. The van der Waals surface area contributed by atoms with Crippen LogP contribution in [0.3, 0.4) is 0 Å². The molecule has 0 radical (unpaired) electrons. The molecule has 0 aliphatic carbocycles. The van der Waals surface area contributed by atoms with E-state index >= 15 is 0 Å². The smallest absolute Gasteiger partial charge is 0.226 e. The van der Waals surface area contributed by atoms with Crippen molar-refractivity contribution >= 4 is 11.6 Å². The molecular formula is C12H12ClNO. The van der Waals surface area contributed by atoms with E-state index in [-0.39, 0.29) is 0 Å². The fourth-order valence-electron chi connectivity index (χ4n) is 1.45. The molecule has 0 aliphatic rings. The Balaban J connectivity index is 2.34. The van der Waals surface area contributed by atoms with E-state index in [0.29, 0.717) is 11.8 Å². The predicted molar refractivity (Wildman–Crippen MR) is 61.1 cm³/mol. The normalized spacial score (nSPS) is 10.5. The molecule has 0 aliphatic heterocycles. The number of rotatable bonds is 3. The molecule has 3 heteroatoms. The highest BCUT2D eigenvalue weighted by Gasteiger charge is 2.09. The third kappa shape index (κ3) is 2.21. The average Bonchev–Trinajstić information content (AvgIpc) is 2.63. The lowest BCUT2D eigenvalue weighted by atomic mass is 10.2. The van der Waals surface area contributed by atoms with Crippen LogP contribution >= 0.6 is 11.6 Å². The SMILES string of the molecule is Cc1oc(-c2ccccc2)nc1CCCl. The summed E-state index contributed by atoms with van der Waals surface area (Å²) < 4.78 is 5.58. The number of oxazole rings is 1. The molecular weight excluding hydrogens is 210 g/mol. The second-order valence-electron chi connectivity index (χ2n) is 3.33. The van der Waals surface area contributed by atoms with Gasteiger partial charge in [-0.05, 0) is 19.1 Å². The Bertz CT molecular complexity index is 436. The van der Waals surface area contributed by atoms with Gasteiger partial charge in [0, 0.05) is 17.9 Å². The number of nitrogens with zero attached hydrogens (tertiary/aromatic N) is 1. The lowest BCUT2D eigenvalue weighted by Crippen LogP contribution is -1.88. The fraction of sp³-hybridized carbons (Fsp3) is 0.250. The fourth-order valence-corrected chi connectivity index (χ4v) is 1.63. The topological polar surface area (TPSA) is 26.0 Å². The van der Waals surface area contributed by atoms with Gasteiger partial charge in [0.1, 0.15) is 5.76 Å². The number of hydrogen-bond acceptors (Lipinski definition) is 2. The molecule has 0 N–H and O–H groups in total. The third-order valence-electron chi connectivity index (χ3n) is 2.24. The molecule has 0 unspecified atom stereocenters. The summed E-state index contributed by atoms with van der Waals surface area (Å²) in [6, 6.07) is 9.87. The van der Waals surface area contributed by atoms with E-state index in [2.05, 4.69) is 4.98 Å². The number of hydrogen-bond donors (Lipinski definition) is 0. The standard InChI is InChI=1S/C12H12ClNO/c1-9-11(7-8-13)14-12(15-9)10-5-3-2-4-6-10/h2-6H,7-8H2,1H3. The van der Waals surface area contributed by atoms with Gasteiger partial charge >= 0.3 is 0 Å². The van der Waals surface area contributed by atoms with Crippen LogP contribution in [0.4, 0.5) is 0 Å². The van der Waals surface area contributed by atoms with Crippen LogP contribution in [0.2, 0.25) is 0 Å². The zero-order valence-corrected chi connectivity index (χ0v) is 9.29. The van der Waals surface area contributed by atoms with Gasteiger partial charge in [-0.15, -0.1) is 11.6 Å². The first-order valence-electron chi connectivity index (χ1n) is 4.89. The van der Waals surface area contributed by atoms with Gasteiger partial charge in [0.05, 0.1) is 5.69 Å². The molecule has 2 rings (SSSR count). The molecule has 0 bridgehead atoms. The maximum Gasteiger partial charge on any atom is 0.226 e. The number of halogens is 1. The second-order valence-corrected chi connectivity index (χ2v) is 3.70. The molecule has 0 saturated heterocycles. The van der Waals surface area contributed by atoms with E-state index in [1.807, 2.05) is 37.3 Å². The van der Waals surface area contributed by atoms with Crippen molar-refractivity contribution in [3.8, 4) is 11.5 Å². The summed E-state index contributed by atoms with van der Waals surface area (Å²) in [6.07, 6.45) is 0.754. The van der Waals surface area contributed by atoms with Crippen LogP contribution in [0.1, 0.15) is 11.5 Å². The zero-order valence-electron chi connectivity index (χ0n) is 8.53. The maximum atomic E-state index is 5.68. The lowest BCUT2D eigenvalue weighted by Gasteiger charge is -1.92. The molecule has 2 aromatic rings. The van der Waals surface area contributed by atoms with Crippen molar-refractivity contribution in [1.29, 1.82) is 0 Å². The highest BCUT2D eigenvalue weighted by molar-refractivity contribution is 6.17. The Morgan fingerprint density at radius 1 is 1.27 bits per heavy atom.